The average molecular weight is 543 g/mol. The van der Waals surface area contributed by atoms with Crippen LogP contribution >= 0.6 is 39.9 Å². The summed E-state index contributed by atoms with van der Waals surface area (Å²) in [5.41, 5.74) is 0.638. The van der Waals surface area contributed by atoms with Gasteiger partial charge < -0.3 is 25.4 Å². The van der Waals surface area contributed by atoms with Crippen LogP contribution < -0.4 is 16.0 Å². The molecule has 148 valence electrons. The number of halogens is 2. The van der Waals surface area contributed by atoms with E-state index in [9.17, 15) is 4.79 Å². The lowest BCUT2D eigenvalue weighted by Gasteiger charge is -2.12. The summed E-state index contributed by atoms with van der Waals surface area (Å²) in [5.74, 6) is 0.611. The summed E-state index contributed by atoms with van der Waals surface area (Å²) in [6, 6.07) is 7.25. The van der Waals surface area contributed by atoms with Crippen molar-refractivity contribution in [2.45, 2.75) is 6.42 Å². The number of aliphatic imine (C=N–C) groups is 1. The molecule has 0 aliphatic rings. The lowest BCUT2D eigenvalue weighted by molar-refractivity contribution is 0.0698. The molecule has 0 fully saturated rings. The zero-order valence-corrected chi connectivity index (χ0v) is 19.1. The van der Waals surface area contributed by atoms with Gasteiger partial charge in [0.05, 0.1) is 13.2 Å². The Bertz CT molecular complexity index is 529. The van der Waals surface area contributed by atoms with Gasteiger partial charge in [-0.3, -0.25) is 9.79 Å². The second-order valence-electron chi connectivity index (χ2n) is 5.15. The molecule has 0 heterocycles. The van der Waals surface area contributed by atoms with E-state index in [1.807, 2.05) is 12.1 Å². The fraction of sp³-hybridized carbons (Fsp3) is 0.529. The molecule has 0 saturated carbocycles. The van der Waals surface area contributed by atoms with Gasteiger partial charge in [-0.2, -0.15) is 0 Å². The molecular weight excluding hydrogens is 515 g/mol. The van der Waals surface area contributed by atoms with E-state index in [0.717, 1.165) is 17.4 Å². The van der Waals surface area contributed by atoms with Crippen LogP contribution in [0.4, 0.5) is 0 Å². The monoisotopic (exact) mass is 542 g/mol. The van der Waals surface area contributed by atoms with Crippen molar-refractivity contribution in [2.24, 2.45) is 4.99 Å². The minimum Gasteiger partial charge on any atom is -0.382 e. The number of nitrogens with zero attached hydrogens (tertiary/aromatic N) is 1. The third-order valence-electron chi connectivity index (χ3n) is 3.22. The highest BCUT2D eigenvalue weighted by molar-refractivity contribution is 14.0. The number of nitrogens with one attached hydrogen (secondary N) is 3. The van der Waals surface area contributed by atoms with Crippen molar-refractivity contribution in [3.8, 4) is 0 Å². The average Bonchev–Trinajstić information content (AvgIpc) is 2.63. The molecule has 0 atom stereocenters. The van der Waals surface area contributed by atoms with Gasteiger partial charge in [-0.15, -0.1) is 24.0 Å². The maximum absolute atomic E-state index is 12.0. The van der Waals surface area contributed by atoms with Gasteiger partial charge in [-0.25, -0.2) is 0 Å². The van der Waals surface area contributed by atoms with E-state index in [4.69, 9.17) is 9.47 Å². The van der Waals surface area contributed by atoms with Crippen LogP contribution in [0, 0.1) is 0 Å². The molecule has 1 amide bonds. The lowest BCUT2D eigenvalue weighted by Crippen LogP contribution is -2.42. The molecule has 0 spiro atoms. The topological polar surface area (TPSA) is 84.0 Å². The highest BCUT2D eigenvalue weighted by Crippen LogP contribution is 2.10. The summed E-state index contributed by atoms with van der Waals surface area (Å²) in [7, 11) is 3.37. The third-order valence-corrected chi connectivity index (χ3v) is 3.75. The molecule has 1 aromatic carbocycles. The van der Waals surface area contributed by atoms with Crippen LogP contribution in [0.3, 0.4) is 0 Å². The number of hydrogen-bond acceptors (Lipinski definition) is 4. The van der Waals surface area contributed by atoms with Gasteiger partial charge in [0, 0.05) is 50.4 Å². The number of methoxy groups -OCH3 is 1. The SMILES string of the molecule is CN=C(NCCCOCCOC)NCCNC(=O)c1ccc(Br)cc1.I. The van der Waals surface area contributed by atoms with Crippen molar-refractivity contribution in [2.75, 3.05) is 53.6 Å². The van der Waals surface area contributed by atoms with Gasteiger partial charge in [0.1, 0.15) is 0 Å². The van der Waals surface area contributed by atoms with E-state index < -0.39 is 0 Å². The second kappa shape index (κ2) is 16.3. The Balaban J connectivity index is 0.00000625. The molecule has 0 radical (unpaired) electrons. The van der Waals surface area contributed by atoms with Crippen molar-refractivity contribution in [1.29, 1.82) is 0 Å². The standard InChI is InChI=1S/C17H27BrN4O3.HI/c1-19-17(21-8-3-11-25-13-12-24-2)22-10-9-20-16(23)14-4-6-15(18)7-5-14;/h4-7H,3,8-13H2,1-2H3,(H,20,23)(H2,19,21,22);1H. The van der Waals surface area contributed by atoms with Crippen LogP contribution in [0.5, 0.6) is 0 Å². The number of amides is 1. The third kappa shape index (κ3) is 11.7. The molecule has 0 aromatic heterocycles. The number of ether oxygens (including phenoxy) is 2. The molecule has 7 nitrogen and oxygen atoms in total. The van der Waals surface area contributed by atoms with Gasteiger partial charge in [-0.05, 0) is 30.7 Å². The molecule has 0 aliphatic heterocycles. The smallest absolute Gasteiger partial charge is 0.251 e. The van der Waals surface area contributed by atoms with Crippen LogP contribution in [-0.4, -0.2) is 65.5 Å². The summed E-state index contributed by atoms with van der Waals surface area (Å²) in [4.78, 5) is 16.1. The molecule has 9 heteroatoms. The largest absolute Gasteiger partial charge is 0.382 e. The highest BCUT2D eigenvalue weighted by Gasteiger charge is 2.04. The number of benzene rings is 1. The molecule has 0 aliphatic carbocycles. The van der Waals surface area contributed by atoms with Crippen molar-refractivity contribution >= 4 is 51.8 Å². The van der Waals surface area contributed by atoms with Crippen LogP contribution in [-0.2, 0) is 9.47 Å². The zero-order valence-electron chi connectivity index (χ0n) is 15.2. The number of rotatable bonds is 11. The molecule has 1 rings (SSSR count). The minimum atomic E-state index is -0.0922. The lowest BCUT2D eigenvalue weighted by atomic mass is 10.2. The molecule has 26 heavy (non-hydrogen) atoms. The Hall–Kier alpha value is -0.910. The van der Waals surface area contributed by atoms with E-state index in [1.165, 1.54) is 0 Å². The maximum Gasteiger partial charge on any atom is 0.251 e. The summed E-state index contributed by atoms with van der Waals surface area (Å²) in [6.45, 7) is 3.76. The normalized spacial score (nSPS) is 10.8. The summed E-state index contributed by atoms with van der Waals surface area (Å²) in [6.07, 6.45) is 0.880. The first-order valence-corrected chi connectivity index (χ1v) is 9.01. The number of guanidine groups is 1. The van der Waals surface area contributed by atoms with Gasteiger partial charge in [0.2, 0.25) is 0 Å². The second-order valence-corrected chi connectivity index (χ2v) is 6.06. The van der Waals surface area contributed by atoms with Crippen LogP contribution in [0.2, 0.25) is 0 Å². The first-order chi connectivity index (χ1) is 12.2. The van der Waals surface area contributed by atoms with E-state index in [-0.39, 0.29) is 29.9 Å². The van der Waals surface area contributed by atoms with E-state index >= 15 is 0 Å². The minimum absolute atomic E-state index is 0. The Morgan fingerprint density at radius 1 is 1.04 bits per heavy atom. The number of carbonyl (C=O) groups excluding carboxylic acids is 1. The van der Waals surface area contributed by atoms with Gasteiger partial charge in [0.25, 0.3) is 5.91 Å². The Morgan fingerprint density at radius 3 is 2.35 bits per heavy atom. The fourth-order valence-electron chi connectivity index (χ4n) is 1.91. The molecule has 0 bridgehead atoms. The summed E-state index contributed by atoms with van der Waals surface area (Å²) >= 11 is 3.35. The quantitative estimate of drug-likeness (QED) is 0.172. The maximum atomic E-state index is 12.0. The molecule has 1 aromatic rings. The van der Waals surface area contributed by atoms with Crippen molar-refractivity contribution in [1.82, 2.24) is 16.0 Å². The van der Waals surface area contributed by atoms with E-state index in [0.29, 0.717) is 44.4 Å². The predicted molar refractivity (Wildman–Crippen MR) is 119 cm³/mol. The summed E-state index contributed by atoms with van der Waals surface area (Å²) < 4.78 is 11.2. The molecule has 3 N–H and O–H groups in total. The van der Waals surface area contributed by atoms with Crippen molar-refractivity contribution in [3.63, 3.8) is 0 Å². The highest BCUT2D eigenvalue weighted by atomic mass is 127. The number of hydrogen-bond donors (Lipinski definition) is 3. The van der Waals surface area contributed by atoms with Gasteiger partial charge in [0.15, 0.2) is 5.96 Å². The Morgan fingerprint density at radius 2 is 1.69 bits per heavy atom. The van der Waals surface area contributed by atoms with Crippen LogP contribution in [0.1, 0.15) is 16.8 Å². The van der Waals surface area contributed by atoms with E-state index in [2.05, 4.69) is 36.9 Å². The van der Waals surface area contributed by atoms with Crippen molar-refractivity contribution < 1.29 is 14.3 Å². The first-order valence-electron chi connectivity index (χ1n) is 8.22. The Labute approximate surface area is 180 Å². The molecule has 0 unspecified atom stereocenters. The van der Waals surface area contributed by atoms with Gasteiger partial charge >= 0.3 is 0 Å². The summed E-state index contributed by atoms with van der Waals surface area (Å²) in [5, 5.41) is 9.21. The molecular formula is C17H28BrIN4O3. The van der Waals surface area contributed by atoms with Crippen molar-refractivity contribution in [3.05, 3.63) is 34.3 Å². The number of carbonyl (C=O) groups is 1. The van der Waals surface area contributed by atoms with Crippen LogP contribution in [0.15, 0.2) is 33.7 Å². The zero-order chi connectivity index (χ0) is 18.3. The first kappa shape index (κ1) is 25.1. The van der Waals surface area contributed by atoms with E-state index in [1.54, 1.807) is 26.3 Å². The predicted octanol–water partition coefficient (Wildman–Crippen LogP) is 2.02. The molecule has 0 saturated heterocycles. The Kier molecular flexibility index (Phi) is 15.7. The van der Waals surface area contributed by atoms with Crippen LogP contribution in [0.25, 0.3) is 0 Å². The fourth-order valence-corrected chi connectivity index (χ4v) is 2.17. The van der Waals surface area contributed by atoms with Gasteiger partial charge in [-0.1, -0.05) is 15.9 Å².